The summed E-state index contributed by atoms with van der Waals surface area (Å²) in [5.41, 5.74) is 0.831. The second-order valence-electron chi connectivity index (χ2n) is 2.89. The van der Waals surface area contributed by atoms with Crippen LogP contribution in [0.3, 0.4) is 0 Å². The Hall–Kier alpha value is -0.740. The van der Waals surface area contributed by atoms with Gasteiger partial charge >= 0.3 is 0 Å². The van der Waals surface area contributed by atoms with Crippen LogP contribution in [0.1, 0.15) is 0 Å². The van der Waals surface area contributed by atoms with Gasteiger partial charge in [0.1, 0.15) is 0 Å². The molecule has 2 rings (SSSR count). The molecule has 0 amide bonds. The molecule has 1 aromatic carbocycles. The minimum atomic E-state index is 0.632. The summed E-state index contributed by atoms with van der Waals surface area (Å²) in [4.78, 5) is 0. The Labute approximate surface area is 94.7 Å². The molecule has 3 nitrogen and oxygen atoms in total. The van der Waals surface area contributed by atoms with Crippen molar-refractivity contribution < 1.29 is 4.74 Å². The summed E-state index contributed by atoms with van der Waals surface area (Å²) >= 11 is 9.51. The largest absolute Gasteiger partial charge is 0.481 e. The quantitative estimate of drug-likeness (QED) is 0.800. The van der Waals surface area contributed by atoms with E-state index in [4.69, 9.17) is 16.3 Å². The Kier molecular flexibility index (Phi) is 2.41. The zero-order chi connectivity index (χ0) is 10.3. The molecule has 0 N–H and O–H groups in total. The van der Waals surface area contributed by atoms with Gasteiger partial charge in [0, 0.05) is 11.5 Å². The third-order valence-corrected chi connectivity index (χ3v) is 3.31. The van der Waals surface area contributed by atoms with Gasteiger partial charge < -0.3 is 4.74 Å². The fourth-order valence-electron chi connectivity index (χ4n) is 1.43. The summed E-state index contributed by atoms with van der Waals surface area (Å²) < 4.78 is 7.74. The van der Waals surface area contributed by atoms with Crippen LogP contribution in [0, 0.1) is 0 Å². The minimum absolute atomic E-state index is 0.632. The van der Waals surface area contributed by atoms with Crippen LogP contribution in [-0.4, -0.2) is 16.9 Å². The van der Waals surface area contributed by atoms with E-state index in [9.17, 15) is 0 Å². The second-order valence-corrected chi connectivity index (χ2v) is 4.12. The summed E-state index contributed by atoms with van der Waals surface area (Å²) in [5.74, 6) is 0.673. The van der Waals surface area contributed by atoms with Crippen LogP contribution in [0.25, 0.3) is 10.9 Å². The number of nitrogens with zero attached hydrogens (tertiary/aromatic N) is 2. The standard InChI is InChI=1S/C9H8BrClN2O/c1-13-9(14-2)7-6(12-13)4-3-5(10)8(7)11/h3-4H,1-2H3. The monoisotopic (exact) mass is 274 g/mol. The zero-order valence-electron chi connectivity index (χ0n) is 7.71. The predicted octanol–water partition coefficient (Wildman–Crippen LogP) is 3.00. The lowest BCUT2D eigenvalue weighted by Crippen LogP contribution is -1.94. The van der Waals surface area contributed by atoms with Crippen LogP contribution in [0.15, 0.2) is 16.6 Å². The Morgan fingerprint density at radius 3 is 2.86 bits per heavy atom. The predicted molar refractivity (Wildman–Crippen MR) is 60.0 cm³/mol. The number of aromatic nitrogens is 2. The van der Waals surface area contributed by atoms with Crippen molar-refractivity contribution in [1.29, 1.82) is 0 Å². The summed E-state index contributed by atoms with van der Waals surface area (Å²) in [6, 6.07) is 3.77. The molecule has 1 heterocycles. The average Bonchev–Trinajstić information content (AvgIpc) is 2.48. The molecule has 0 spiro atoms. The summed E-state index contributed by atoms with van der Waals surface area (Å²) in [7, 11) is 3.43. The van der Waals surface area contributed by atoms with Crippen LogP contribution < -0.4 is 4.74 Å². The van der Waals surface area contributed by atoms with E-state index in [1.54, 1.807) is 11.8 Å². The van der Waals surface area contributed by atoms with Gasteiger partial charge in [0.05, 0.1) is 23.0 Å². The van der Waals surface area contributed by atoms with Gasteiger partial charge in [0.15, 0.2) is 0 Å². The van der Waals surface area contributed by atoms with Crippen molar-refractivity contribution in [3.63, 3.8) is 0 Å². The molecule has 0 aliphatic rings. The second kappa shape index (κ2) is 3.44. The van der Waals surface area contributed by atoms with Crippen molar-refractivity contribution >= 4 is 38.4 Å². The first-order chi connectivity index (χ1) is 6.65. The number of hydrogen-bond acceptors (Lipinski definition) is 2. The van der Waals surface area contributed by atoms with E-state index in [0.717, 1.165) is 15.4 Å². The molecule has 0 atom stereocenters. The molecule has 0 saturated heterocycles. The molecule has 2 aromatic rings. The highest BCUT2D eigenvalue weighted by atomic mass is 79.9. The number of hydrogen-bond donors (Lipinski definition) is 0. The highest BCUT2D eigenvalue weighted by Gasteiger charge is 2.14. The van der Waals surface area contributed by atoms with Gasteiger partial charge in [-0.15, -0.1) is 0 Å². The van der Waals surface area contributed by atoms with Gasteiger partial charge in [0.2, 0.25) is 5.88 Å². The van der Waals surface area contributed by atoms with E-state index < -0.39 is 0 Å². The summed E-state index contributed by atoms with van der Waals surface area (Å²) in [6.45, 7) is 0. The number of methoxy groups -OCH3 is 1. The number of fused-ring (bicyclic) bond motifs is 1. The Balaban J connectivity index is 2.90. The third kappa shape index (κ3) is 1.29. The Morgan fingerprint density at radius 2 is 2.21 bits per heavy atom. The zero-order valence-corrected chi connectivity index (χ0v) is 10.1. The van der Waals surface area contributed by atoms with Gasteiger partial charge in [-0.2, -0.15) is 5.10 Å². The molecule has 0 unspecified atom stereocenters. The maximum atomic E-state index is 6.14. The Morgan fingerprint density at radius 1 is 1.50 bits per heavy atom. The SMILES string of the molecule is COc1c2c(Cl)c(Br)ccc2nn1C. The van der Waals surface area contributed by atoms with Gasteiger partial charge in [-0.1, -0.05) is 11.6 Å². The van der Waals surface area contributed by atoms with Crippen molar-refractivity contribution in [1.82, 2.24) is 9.78 Å². The molecule has 74 valence electrons. The minimum Gasteiger partial charge on any atom is -0.481 e. The number of aryl methyl sites for hydroxylation is 1. The average molecular weight is 276 g/mol. The first-order valence-corrected chi connectivity index (χ1v) is 5.17. The highest BCUT2D eigenvalue weighted by molar-refractivity contribution is 9.10. The van der Waals surface area contributed by atoms with Crippen molar-refractivity contribution in [3.05, 3.63) is 21.6 Å². The summed E-state index contributed by atoms with van der Waals surface area (Å²) in [5, 5.41) is 5.74. The lowest BCUT2D eigenvalue weighted by atomic mass is 10.2. The van der Waals surface area contributed by atoms with E-state index in [-0.39, 0.29) is 0 Å². The smallest absolute Gasteiger partial charge is 0.220 e. The van der Waals surface area contributed by atoms with E-state index in [2.05, 4.69) is 21.0 Å². The molecular weight excluding hydrogens is 267 g/mol. The van der Waals surface area contributed by atoms with Crippen molar-refractivity contribution in [2.24, 2.45) is 7.05 Å². The molecule has 0 saturated carbocycles. The molecule has 0 fully saturated rings. The fourth-order valence-corrected chi connectivity index (χ4v) is 2.00. The third-order valence-electron chi connectivity index (χ3n) is 2.03. The van der Waals surface area contributed by atoms with E-state index in [1.807, 2.05) is 19.2 Å². The van der Waals surface area contributed by atoms with E-state index in [1.165, 1.54) is 0 Å². The number of ether oxygens (including phenoxy) is 1. The van der Waals surface area contributed by atoms with Crippen molar-refractivity contribution in [2.75, 3.05) is 7.11 Å². The first-order valence-electron chi connectivity index (χ1n) is 4.00. The maximum absolute atomic E-state index is 6.14. The van der Waals surface area contributed by atoms with Gasteiger partial charge in [-0.3, -0.25) is 0 Å². The molecule has 0 radical (unpaired) electrons. The molecule has 5 heteroatoms. The number of rotatable bonds is 1. The number of benzene rings is 1. The van der Waals surface area contributed by atoms with Crippen LogP contribution >= 0.6 is 27.5 Å². The van der Waals surface area contributed by atoms with Crippen molar-refractivity contribution in [2.45, 2.75) is 0 Å². The molecule has 14 heavy (non-hydrogen) atoms. The first kappa shape index (κ1) is 9.80. The van der Waals surface area contributed by atoms with E-state index >= 15 is 0 Å². The van der Waals surface area contributed by atoms with Crippen LogP contribution in [0.2, 0.25) is 5.02 Å². The van der Waals surface area contributed by atoms with Crippen LogP contribution in [0.4, 0.5) is 0 Å². The lowest BCUT2D eigenvalue weighted by Gasteiger charge is -2.01. The highest BCUT2D eigenvalue weighted by Crippen LogP contribution is 2.36. The van der Waals surface area contributed by atoms with Gasteiger partial charge in [-0.05, 0) is 28.1 Å². The van der Waals surface area contributed by atoms with Crippen LogP contribution in [-0.2, 0) is 7.05 Å². The molecule has 0 bridgehead atoms. The van der Waals surface area contributed by atoms with Crippen molar-refractivity contribution in [3.8, 4) is 5.88 Å². The topological polar surface area (TPSA) is 27.1 Å². The maximum Gasteiger partial charge on any atom is 0.220 e. The van der Waals surface area contributed by atoms with E-state index in [0.29, 0.717) is 10.9 Å². The number of halogens is 2. The summed E-state index contributed by atoms with van der Waals surface area (Å²) in [6.07, 6.45) is 0. The normalized spacial score (nSPS) is 10.9. The molecule has 0 aliphatic heterocycles. The molecular formula is C9H8BrClN2O. The molecule has 0 aliphatic carbocycles. The van der Waals surface area contributed by atoms with Gasteiger partial charge in [0.25, 0.3) is 0 Å². The molecule has 1 aromatic heterocycles. The van der Waals surface area contributed by atoms with Crippen LogP contribution in [0.5, 0.6) is 5.88 Å². The van der Waals surface area contributed by atoms with Gasteiger partial charge in [-0.25, -0.2) is 4.68 Å². The lowest BCUT2D eigenvalue weighted by molar-refractivity contribution is 0.377. The fraction of sp³-hybridized carbons (Fsp3) is 0.222. The Bertz CT molecular complexity index is 495.